The van der Waals surface area contributed by atoms with Crippen LogP contribution in [0.5, 0.6) is 0 Å². The van der Waals surface area contributed by atoms with Crippen LogP contribution in [0, 0.1) is 40.4 Å². The molecule has 4 aliphatic carbocycles. The van der Waals surface area contributed by atoms with E-state index in [1.807, 2.05) is 0 Å². The molecule has 0 aromatic carbocycles. The van der Waals surface area contributed by atoms with E-state index in [0.717, 1.165) is 38.5 Å². The van der Waals surface area contributed by atoms with Gasteiger partial charge in [0.25, 0.3) is 0 Å². The number of hydrogen-bond acceptors (Lipinski definition) is 5. The van der Waals surface area contributed by atoms with Crippen LogP contribution in [0.25, 0.3) is 0 Å². The number of ketones is 1. The molecule has 0 aliphatic heterocycles. The predicted octanol–water partition coefficient (Wildman–Crippen LogP) is 0.859. The fraction of sp³-hybridized carbons (Fsp3) is 0.952. The van der Waals surface area contributed by atoms with Crippen molar-refractivity contribution in [1.82, 2.24) is 0 Å². The number of hydrogen-bond donors (Lipinski definition) is 2. The second kappa shape index (κ2) is 7.82. The van der Waals surface area contributed by atoms with Crippen LogP contribution in [0.3, 0.4) is 0 Å². The summed E-state index contributed by atoms with van der Waals surface area (Å²) in [5, 5.41) is 10.6. The Bertz CT molecular complexity index is 777. The summed E-state index contributed by atoms with van der Waals surface area (Å²) in [6.45, 7) is 6.39. The van der Waals surface area contributed by atoms with Gasteiger partial charge in [-0.15, -0.1) is 0 Å². The third kappa shape index (κ3) is 4.03. The Balaban J connectivity index is 0.00000160. The van der Waals surface area contributed by atoms with Crippen molar-refractivity contribution in [2.75, 3.05) is 0 Å². The van der Waals surface area contributed by atoms with Gasteiger partial charge in [-0.05, 0) is 86.4 Å². The third-order valence-corrected chi connectivity index (χ3v) is 9.96. The summed E-state index contributed by atoms with van der Waals surface area (Å²) in [5.41, 5.74) is 0.174. The first-order chi connectivity index (χ1) is 12.9. The van der Waals surface area contributed by atoms with Crippen LogP contribution < -0.4 is 29.6 Å². The van der Waals surface area contributed by atoms with E-state index in [2.05, 4.69) is 18.0 Å². The molecule has 4 saturated carbocycles. The average molecular weight is 439 g/mol. The zero-order valence-electron chi connectivity index (χ0n) is 19.2. The van der Waals surface area contributed by atoms with Gasteiger partial charge in [-0.3, -0.25) is 9.35 Å². The molecule has 0 bridgehead atoms. The van der Waals surface area contributed by atoms with Gasteiger partial charge < -0.3 is 6.53 Å². The molecule has 0 radical (unpaired) electrons. The number of aliphatic hydroxyl groups is 1. The van der Waals surface area contributed by atoms with Crippen molar-refractivity contribution in [2.24, 2.45) is 40.4 Å². The summed E-state index contributed by atoms with van der Waals surface area (Å²) in [6, 6.07) is 0. The molecule has 4 aliphatic rings. The molecule has 6 nitrogen and oxygen atoms in total. The third-order valence-electron chi connectivity index (χ3n) is 9.44. The molecular formula is C21H35NaO6S. The molecule has 29 heavy (non-hydrogen) atoms. The summed E-state index contributed by atoms with van der Waals surface area (Å²) in [7, 11) is -4.68. The van der Waals surface area contributed by atoms with Crippen LogP contribution in [0.1, 0.15) is 80.0 Å². The van der Waals surface area contributed by atoms with E-state index < -0.39 is 16.2 Å². The number of fused-ring (bicyclic) bond motifs is 5. The fourth-order valence-electron chi connectivity index (χ4n) is 8.15. The molecule has 0 spiro atoms. The summed E-state index contributed by atoms with van der Waals surface area (Å²) < 4.78 is 36.0. The minimum Gasteiger partial charge on any atom is -1.00 e. The van der Waals surface area contributed by atoms with E-state index in [4.69, 9.17) is 4.55 Å². The van der Waals surface area contributed by atoms with Crippen molar-refractivity contribution >= 4 is 16.2 Å². The Kier molecular flexibility index (Phi) is 6.51. The Hall–Kier alpha value is 0.500. The molecule has 2 unspecified atom stereocenters. The number of carbonyl (C=O) groups excluding carboxylic acids is 1. The van der Waals surface area contributed by atoms with Crippen molar-refractivity contribution in [3.8, 4) is 0 Å². The van der Waals surface area contributed by atoms with Crippen LogP contribution in [-0.2, 0) is 19.4 Å². The smallest absolute Gasteiger partial charge is 1.00 e. The van der Waals surface area contributed by atoms with E-state index in [0.29, 0.717) is 30.0 Å². The maximum absolute atomic E-state index is 12.2. The topological polar surface area (TPSA) is 101 Å². The zero-order valence-corrected chi connectivity index (χ0v) is 21.0. The van der Waals surface area contributed by atoms with Gasteiger partial charge in [-0.25, -0.2) is 4.18 Å². The zero-order chi connectivity index (χ0) is 20.5. The molecule has 0 heterocycles. The van der Waals surface area contributed by atoms with Crippen LogP contribution in [0.4, 0.5) is 0 Å². The van der Waals surface area contributed by atoms with Crippen molar-refractivity contribution in [2.45, 2.75) is 84.3 Å². The van der Waals surface area contributed by atoms with Gasteiger partial charge in [-0.1, -0.05) is 13.8 Å². The van der Waals surface area contributed by atoms with E-state index in [1.54, 1.807) is 6.92 Å². The number of Topliss-reactive ketones (excluding diaryl/α,β-unsaturated/α-hetero) is 1. The largest absolute Gasteiger partial charge is 1.00 e. The maximum atomic E-state index is 12.2. The summed E-state index contributed by atoms with van der Waals surface area (Å²) in [6.07, 6.45) is 7.52. The van der Waals surface area contributed by atoms with E-state index in [1.165, 1.54) is 0 Å². The Labute approximate surface area is 198 Å². The quantitative estimate of drug-likeness (QED) is 0.385. The molecule has 4 rings (SSSR count). The van der Waals surface area contributed by atoms with Crippen molar-refractivity contribution in [1.29, 1.82) is 0 Å². The Morgan fingerprint density at radius 2 is 1.66 bits per heavy atom. The fourth-order valence-corrected chi connectivity index (χ4v) is 8.69. The summed E-state index contributed by atoms with van der Waals surface area (Å²) in [4.78, 5) is 12.2. The first kappa shape index (κ1) is 24.1. The van der Waals surface area contributed by atoms with Crippen molar-refractivity contribution in [3.05, 3.63) is 0 Å². The van der Waals surface area contributed by atoms with Gasteiger partial charge in [-0.2, -0.15) is 8.42 Å². The van der Waals surface area contributed by atoms with Gasteiger partial charge in [0, 0.05) is 18.8 Å². The van der Waals surface area contributed by atoms with Gasteiger partial charge in [0.2, 0.25) is 0 Å². The number of rotatable bonds is 3. The van der Waals surface area contributed by atoms with Gasteiger partial charge >= 0.3 is 40.0 Å². The average Bonchev–Trinajstić information content (AvgIpc) is 2.91. The maximum Gasteiger partial charge on any atom is 1.00 e. The Morgan fingerprint density at radius 3 is 2.28 bits per heavy atom. The van der Waals surface area contributed by atoms with Crippen LogP contribution in [0.2, 0.25) is 0 Å². The minimum atomic E-state index is -4.68. The summed E-state index contributed by atoms with van der Waals surface area (Å²) >= 11 is 0. The number of carbonyl (C=O) groups is 1. The molecule has 8 heteroatoms. The molecule has 0 aromatic rings. The van der Waals surface area contributed by atoms with Crippen molar-refractivity contribution < 1.29 is 58.0 Å². The molecule has 4 fully saturated rings. The standard InChI is InChI=1S/C21H34O6S.Na.H/c1-13(22)16-6-7-17-15-5-4-14-12-21(23,27-28(24,25)26)11-10-19(14,2)18(15)8-9-20(16,17)3;;/h14-18,23H,4-12H2,1-3H3,(H,24,25,26);;/q;+1;-1/t14?,15-,16-,17?,18-,19+,20-,21-;;/m1../s1. The monoisotopic (exact) mass is 438 g/mol. The molecule has 0 aromatic heterocycles. The van der Waals surface area contributed by atoms with E-state index in [-0.39, 0.29) is 66.5 Å². The summed E-state index contributed by atoms with van der Waals surface area (Å²) in [5.74, 6) is 0.678. The molecule has 162 valence electrons. The van der Waals surface area contributed by atoms with Gasteiger partial charge in [0.1, 0.15) is 5.78 Å². The minimum absolute atomic E-state index is 0. The predicted molar refractivity (Wildman–Crippen MR) is 105 cm³/mol. The first-order valence-corrected chi connectivity index (χ1v) is 12.2. The SMILES string of the molecule is CC(=O)[C@H]1CCC2[C@H]3CCC4C[C@](O)(OS(=O)(=O)O)CC[C@]4(C)[C@@H]3CC[C@@]21C.[H-].[Na+]. The Morgan fingerprint density at radius 1 is 1.00 bits per heavy atom. The van der Waals surface area contributed by atoms with Crippen molar-refractivity contribution in [3.63, 3.8) is 0 Å². The normalized spacial score (nSPS) is 49.3. The van der Waals surface area contributed by atoms with Gasteiger partial charge in [0.05, 0.1) is 0 Å². The second-order valence-corrected chi connectivity index (χ2v) is 11.6. The molecular weight excluding hydrogens is 403 g/mol. The van der Waals surface area contributed by atoms with Crippen LogP contribution in [0.15, 0.2) is 0 Å². The van der Waals surface area contributed by atoms with E-state index >= 15 is 0 Å². The second-order valence-electron chi connectivity index (χ2n) is 10.6. The first-order valence-electron chi connectivity index (χ1n) is 10.8. The molecule has 2 N–H and O–H groups in total. The van der Waals surface area contributed by atoms with Gasteiger partial charge in [0.15, 0.2) is 5.79 Å². The van der Waals surface area contributed by atoms with Crippen LogP contribution in [-0.4, -0.2) is 29.6 Å². The molecule has 0 saturated heterocycles. The molecule has 8 atom stereocenters. The molecule has 0 amide bonds. The van der Waals surface area contributed by atoms with Crippen LogP contribution >= 0.6 is 0 Å². The van der Waals surface area contributed by atoms with E-state index in [9.17, 15) is 18.3 Å².